The Morgan fingerprint density at radius 1 is 1.36 bits per heavy atom. The van der Waals surface area contributed by atoms with E-state index in [0.29, 0.717) is 0 Å². The molecule has 1 aliphatic heterocycles. The van der Waals surface area contributed by atoms with Gasteiger partial charge in [0, 0.05) is 12.1 Å². The van der Waals surface area contributed by atoms with E-state index in [2.05, 4.69) is 10.1 Å². The highest BCUT2D eigenvalue weighted by molar-refractivity contribution is 6.36. The van der Waals surface area contributed by atoms with Gasteiger partial charge < -0.3 is 19.9 Å². The molecule has 3 rings (SSSR count). The number of ether oxygens (including phenoxy) is 2. The number of amides is 1. The number of benzene rings is 1. The Labute approximate surface area is 146 Å². The lowest BCUT2D eigenvalue weighted by Crippen LogP contribution is -2.43. The molecule has 1 saturated carbocycles. The number of nitrogens with one attached hydrogen (secondary N) is 1. The standard InChI is InChI=1S/C16H15ClF3NO4/c1-15(7-3-4-7)13(22)12(14(23)21-15)11-9(17)5-8(6-10(11)24-2)25-16(18,19)20/h5-7,22H,3-4H2,1-2H3,(H,21,23). The highest BCUT2D eigenvalue weighted by Crippen LogP contribution is 2.49. The molecule has 1 fully saturated rings. The van der Waals surface area contributed by atoms with Crippen molar-refractivity contribution in [3.05, 3.63) is 28.5 Å². The Kier molecular flexibility index (Phi) is 4.06. The van der Waals surface area contributed by atoms with Crippen LogP contribution in [-0.2, 0) is 4.79 Å². The third-order valence-corrected chi connectivity index (χ3v) is 4.75. The molecule has 1 aromatic rings. The number of hydrogen-bond donors (Lipinski definition) is 2. The average Bonchev–Trinajstić information content (AvgIpc) is 3.29. The van der Waals surface area contributed by atoms with Crippen LogP contribution in [0.15, 0.2) is 17.9 Å². The van der Waals surface area contributed by atoms with E-state index in [4.69, 9.17) is 16.3 Å². The summed E-state index contributed by atoms with van der Waals surface area (Å²) in [6, 6.07) is 1.89. The highest BCUT2D eigenvalue weighted by atomic mass is 35.5. The number of halogens is 4. The third-order valence-electron chi connectivity index (χ3n) is 4.45. The van der Waals surface area contributed by atoms with Crippen molar-refractivity contribution in [2.75, 3.05) is 7.11 Å². The number of alkyl halides is 3. The molecule has 1 amide bonds. The molecule has 1 aliphatic carbocycles. The molecule has 5 nitrogen and oxygen atoms in total. The van der Waals surface area contributed by atoms with Crippen molar-refractivity contribution in [2.24, 2.45) is 5.92 Å². The van der Waals surface area contributed by atoms with Crippen LogP contribution in [0, 0.1) is 5.92 Å². The van der Waals surface area contributed by atoms with Gasteiger partial charge in [-0.1, -0.05) is 11.6 Å². The molecule has 1 heterocycles. The van der Waals surface area contributed by atoms with Crippen molar-refractivity contribution in [2.45, 2.75) is 31.7 Å². The number of aliphatic hydroxyl groups is 1. The zero-order valence-corrected chi connectivity index (χ0v) is 14.1. The van der Waals surface area contributed by atoms with E-state index in [9.17, 15) is 23.1 Å². The summed E-state index contributed by atoms with van der Waals surface area (Å²) < 4.78 is 46.2. The molecule has 2 aliphatic rings. The Morgan fingerprint density at radius 2 is 2.00 bits per heavy atom. The monoisotopic (exact) mass is 377 g/mol. The molecule has 136 valence electrons. The van der Waals surface area contributed by atoms with Crippen LogP contribution in [0.1, 0.15) is 25.3 Å². The van der Waals surface area contributed by atoms with Crippen molar-refractivity contribution in [3.63, 3.8) is 0 Å². The van der Waals surface area contributed by atoms with Crippen LogP contribution in [-0.4, -0.2) is 30.0 Å². The van der Waals surface area contributed by atoms with Crippen LogP contribution >= 0.6 is 11.6 Å². The maximum atomic E-state index is 12.4. The Hall–Kier alpha value is -2.09. The lowest BCUT2D eigenvalue weighted by Gasteiger charge is -2.24. The van der Waals surface area contributed by atoms with E-state index < -0.39 is 23.6 Å². The second-order valence-electron chi connectivity index (χ2n) is 6.18. The summed E-state index contributed by atoms with van der Waals surface area (Å²) in [7, 11) is 1.22. The van der Waals surface area contributed by atoms with Gasteiger partial charge in [-0.05, 0) is 25.7 Å². The summed E-state index contributed by atoms with van der Waals surface area (Å²) in [5.41, 5.74) is -0.991. The molecule has 1 atom stereocenters. The first kappa shape index (κ1) is 17.7. The van der Waals surface area contributed by atoms with Crippen LogP contribution in [0.2, 0.25) is 5.02 Å². The molecule has 9 heteroatoms. The zero-order valence-electron chi connectivity index (χ0n) is 13.3. The van der Waals surface area contributed by atoms with Gasteiger partial charge in [-0.25, -0.2) is 0 Å². The summed E-state index contributed by atoms with van der Waals surface area (Å²) in [6.07, 6.45) is -3.18. The lowest BCUT2D eigenvalue weighted by molar-refractivity contribution is -0.274. The van der Waals surface area contributed by atoms with Crippen LogP contribution < -0.4 is 14.8 Å². The first-order valence-electron chi connectivity index (χ1n) is 7.46. The number of rotatable bonds is 4. The quantitative estimate of drug-likeness (QED) is 0.837. The van der Waals surface area contributed by atoms with Gasteiger partial charge in [0.15, 0.2) is 0 Å². The highest BCUT2D eigenvalue weighted by Gasteiger charge is 2.52. The van der Waals surface area contributed by atoms with Crippen molar-refractivity contribution < 1.29 is 32.5 Å². The van der Waals surface area contributed by atoms with Crippen molar-refractivity contribution in [1.82, 2.24) is 5.32 Å². The Balaban J connectivity index is 2.10. The predicted molar refractivity (Wildman–Crippen MR) is 83.5 cm³/mol. The Morgan fingerprint density at radius 3 is 2.52 bits per heavy atom. The van der Waals surface area contributed by atoms with E-state index in [0.717, 1.165) is 25.0 Å². The van der Waals surface area contributed by atoms with Gasteiger partial charge in [0.05, 0.1) is 28.8 Å². The van der Waals surface area contributed by atoms with Crippen molar-refractivity contribution in [1.29, 1.82) is 0 Å². The van der Waals surface area contributed by atoms with Crippen LogP contribution in [0.25, 0.3) is 5.57 Å². The largest absolute Gasteiger partial charge is 0.573 e. The van der Waals surface area contributed by atoms with E-state index >= 15 is 0 Å². The minimum atomic E-state index is -4.90. The molecule has 0 bridgehead atoms. The topological polar surface area (TPSA) is 67.8 Å². The van der Waals surface area contributed by atoms with Gasteiger partial charge in [-0.2, -0.15) is 0 Å². The van der Waals surface area contributed by atoms with E-state index in [-0.39, 0.29) is 33.6 Å². The number of methoxy groups -OCH3 is 1. The van der Waals surface area contributed by atoms with Crippen LogP contribution in [0.3, 0.4) is 0 Å². The van der Waals surface area contributed by atoms with Crippen molar-refractivity contribution >= 4 is 23.1 Å². The molecule has 0 aromatic heterocycles. The SMILES string of the molecule is COc1cc(OC(F)(F)F)cc(Cl)c1C1=C(O)C(C)(C2CC2)NC1=O. The van der Waals surface area contributed by atoms with Gasteiger partial charge in [0.2, 0.25) is 0 Å². The number of aliphatic hydroxyl groups excluding tert-OH is 1. The van der Waals surface area contributed by atoms with Gasteiger partial charge in [-0.3, -0.25) is 4.79 Å². The fourth-order valence-electron chi connectivity index (χ4n) is 3.07. The van der Waals surface area contributed by atoms with Crippen LogP contribution in [0.5, 0.6) is 11.5 Å². The van der Waals surface area contributed by atoms with Gasteiger partial charge in [0.1, 0.15) is 17.3 Å². The second-order valence-corrected chi connectivity index (χ2v) is 6.59. The summed E-state index contributed by atoms with van der Waals surface area (Å²) in [5.74, 6) is -1.34. The molecular weight excluding hydrogens is 363 g/mol. The minimum absolute atomic E-state index is 0.0260. The normalized spacial score (nSPS) is 23.7. The first-order valence-corrected chi connectivity index (χ1v) is 7.84. The fourth-order valence-corrected chi connectivity index (χ4v) is 3.36. The van der Waals surface area contributed by atoms with Gasteiger partial charge >= 0.3 is 6.36 Å². The van der Waals surface area contributed by atoms with Gasteiger partial charge in [-0.15, -0.1) is 13.2 Å². The number of carbonyl (C=O) groups excluding carboxylic acids is 1. The first-order chi connectivity index (χ1) is 11.6. The summed E-state index contributed by atoms with van der Waals surface area (Å²) in [4.78, 5) is 12.4. The lowest BCUT2D eigenvalue weighted by atomic mass is 9.92. The third kappa shape index (κ3) is 3.10. The molecule has 1 aromatic carbocycles. The smallest absolute Gasteiger partial charge is 0.509 e. The molecule has 2 N–H and O–H groups in total. The molecule has 0 saturated heterocycles. The summed E-state index contributed by atoms with van der Waals surface area (Å²) >= 11 is 6.09. The molecular formula is C16H15ClF3NO4. The van der Waals surface area contributed by atoms with E-state index in [1.54, 1.807) is 6.92 Å². The Bertz CT molecular complexity index is 773. The molecule has 0 radical (unpaired) electrons. The summed E-state index contributed by atoms with van der Waals surface area (Å²) in [5, 5.41) is 13.1. The van der Waals surface area contributed by atoms with E-state index in [1.807, 2.05) is 0 Å². The van der Waals surface area contributed by atoms with Gasteiger partial charge in [0.25, 0.3) is 5.91 Å². The fraction of sp³-hybridized carbons (Fsp3) is 0.438. The zero-order chi connectivity index (χ0) is 18.6. The predicted octanol–water partition coefficient (Wildman–Crippen LogP) is 3.81. The average molecular weight is 378 g/mol. The minimum Gasteiger partial charge on any atom is -0.509 e. The maximum absolute atomic E-state index is 12.4. The molecule has 1 unspecified atom stereocenters. The molecule has 0 spiro atoms. The maximum Gasteiger partial charge on any atom is 0.573 e. The van der Waals surface area contributed by atoms with Crippen LogP contribution in [0.4, 0.5) is 13.2 Å². The number of hydrogen-bond acceptors (Lipinski definition) is 4. The molecule has 25 heavy (non-hydrogen) atoms. The number of carbonyl (C=O) groups is 1. The second kappa shape index (κ2) is 5.72. The van der Waals surface area contributed by atoms with Crippen molar-refractivity contribution in [3.8, 4) is 11.5 Å². The summed E-state index contributed by atoms with van der Waals surface area (Å²) in [6.45, 7) is 1.70. The van der Waals surface area contributed by atoms with E-state index in [1.165, 1.54) is 7.11 Å².